The molecule has 0 radical (unpaired) electrons. The summed E-state index contributed by atoms with van der Waals surface area (Å²) in [5, 5.41) is 8.44. The van der Waals surface area contributed by atoms with E-state index in [0.717, 1.165) is 0 Å². The van der Waals surface area contributed by atoms with Crippen LogP contribution in [0, 0.1) is 0 Å². The van der Waals surface area contributed by atoms with Gasteiger partial charge in [0, 0.05) is 6.61 Å². The fraction of sp³-hybridized carbons (Fsp3) is 0.357. The van der Waals surface area contributed by atoms with Crippen LogP contribution in [0.1, 0.15) is 19.3 Å². The van der Waals surface area contributed by atoms with Crippen LogP contribution in [0.4, 0.5) is 0 Å². The standard InChI is InChI=1S/C14H18O3S/c1-2-3-5-8-14(11-12-15)18(16,17)13-9-6-4-7-10-13/h3-4,6-7,9-10,14-15H,1,5,8,11-12H2. The Bertz CT molecular complexity index is 499. The van der Waals surface area contributed by atoms with E-state index in [2.05, 4.69) is 12.3 Å². The first-order valence-corrected chi connectivity index (χ1v) is 7.41. The van der Waals surface area contributed by atoms with E-state index in [9.17, 15) is 8.42 Å². The minimum Gasteiger partial charge on any atom is -0.396 e. The van der Waals surface area contributed by atoms with Gasteiger partial charge in [0.2, 0.25) is 0 Å². The predicted octanol–water partition coefficient (Wildman–Crippen LogP) is 2.33. The van der Waals surface area contributed by atoms with E-state index in [1.54, 1.807) is 36.4 Å². The largest absolute Gasteiger partial charge is 0.396 e. The Morgan fingerprint density at radius 3 is 2.50 bits per heavy atom. The lowest BCUT2D eigenvalue weighted by molar-refractivity contribution is 0.283. The highest BCUT2D eigenvalue weighted by Crippen LogP contribution is 2.21. The van der Waals surface area contributed by atoms with E-state index in [1.807, 2.05) is 0 Å². The summed E-state index contributed by atoms with van der Waals surface area (Å²) in [6, 6.07) is 8.35. The molecule has 1 rings (SSSR count). The molecule has 0 saturated carbocycles. The molecule has 1 N–H and O–H groups in total. The molecule has 0 aromatic heterocycles. The SMILES string of the molecule is C=C=CCCC(CCO)S(=O)(=O)c1ccccc1. The lowest BCUT2D eigenvalue weighted by Crippen LogP contribution is -2.22. The molecule has 0 bridgehead atoms. The van der Waals surface area contributed by atoms with Crippen LogP contribution in [-0.2, 0) is 9.84 Å². The number of allylic oxidation sites excluding steroid dienone is 1. The topological polar surface area (TPSA) is 54.4 Å². The Hall–Kier alpha value is -1.35. The van der Waals surface area contributed by atoms with Gasteiger partial charge < -0.3 is 5.11 Å². The minimum atomic E-state index is -3.37. The van der Waals surface area contributed by atoms with Crippen LogP contribution in [0.3, 0.4) is 0 Å². The van der Waals surface area contributed by atoms with Gasteiger partial charge in [-0.05, 0) is 37.5 Å². The highest BCUT2D eigenvalue weighted by Gasteiger charge is 2.25. The van der Waals surface area contributed by atoms with Gasteiger partial charge in [0.05, 0.1) is 10.1 Å². The molecular weight excluding hydrogens is 248 g/mol. The molecule has 1 aromatic rings. The van der Waals surface area contributed by atoms with E-state index in [0.29, 0.717) is 17.7 Å². The molecule has 0 aliphatic heterocycles. The summed E-state index contributed by atoms with van der Waals surface area (Å²) in [4.78, 5) is 0.311. The summed E-state index contributed by atoms with van der Waals surface area (Å²) in [7, 11) is -3.37. The lowest BCUT2D eigenvalue weighted by Gasteiger charge is -2.15. The van der Waals surface area contributed by atoms with E-state index in [1.165, 1.54) is 0 Å². The van der Waals surface area contributed by atoms with Gasteiger partial charge in [0.15, 0.2) is 9.84 Å². The molecule has 3 nitrogen and oxygen atoms in total. The van der Waals surface area contributed by atoms with Gasteiger partial charge in [0.25, 0.3) is 0 Å². The zero-order valence-electron chi connectivity index (χ0n) is 10.2. The van der Waals surface area contributed by atoms with Gasteiger partial charge in [-0.15, -0.1) is 5.73 Å². The smallest absolute Gasteiger partial charge is 0.181 e. The molecule has 1 aromatic carbocycles. The second-order valence-electron chi connectivity index (χ2n) is 3.98. The van der Waals surface area contributed by atoms with Crippen LogP contribution in [0.25, 0.3) is 0 Å². The Morgan fingerprint density at radius 2 is 1.94 bits per heavy atom. The van der Waals surface area contributed by atoms with Gasteiger partial charge in [-0.2, -0.15) is 0 Å². The van der Waals surface area contributed by atoms with E-state index < -0.39 is 15.1 Å². The number of aliphatic hydroxyl groups excluding tert-OH is 1. The Balaban J connectivity index is 2.93. The maximum Gasteiger partial charge on any atom is 0.181 e. The first kappa shape index (κ1) is 14.7. The van der Waals surface area contributed by atoms with Gasteiger partial charge in [-0.25, -0.2) is 8.42 Å². The lowest BCUT2D eigenvalue weighted by atomic mass is 10.2. The summed E-state index contributed by atoms with van der Waals surface area (Å²) in [6.45, 7) is 3.31. The molecule has 0 aliphatic rings. The van der Waals surface area contributed by atoms with Crippen molar-refractivity contribution in [1.29, 1.82) is 0 Å². The summed E-state index contributed by atoms with van der Waals surface area (Å²) in [5.74, 6) is 0. The van der Waals surface area contributed by atoms with Crippen molar-refractivity contribution in [2.45, 2.75) is 29.4 Å². The van der Waals surface area contributed by atoms with Crippen molar-refractivity contribution in [2.24, 2.45) is 0 Å². The highest BCUT2D eigenvalue weighted by atomic mass is 32.2. The van der Waals surface area contributed by atoms with E-state index in [4.69, 9.17) is 5.11 Å². The normalized spacial score (nSPS) is 12.7. The Kier molecular flexibility index (Phi) is 5.86. The van der Waals surface area contributed by atoms with Crippen molar-refractivity contribution in [1.82, 2.24) is 0 Å². The molecule has 0 spiro atoms. The monoisotopic (exact) mass is 266 g/mol. The van der Waals surface area contributed by atoms with E-state index in [-0.39, 0.29) is 13.0 Å². The van der Waals surface area contributed by atoms with Gasteiger partial charge in [0.1, 0.15) is 0 Å². The summed E-state index contributed by atoms with van der Waals surface area (Å²) >= 11 is 0. The average molecular weight is 266 g/mol. The number of hydrogen-bond acceptors (Lipinski definition) is 3. The van der Waals surface area contributed by atoms with Gasteiger partial charge in [-0.3, -0.25) is 0 Å². The molecule has 0 saturated heterocycles. The van der Waals surface area contributed by atoms with Gasteiger partial charge in [-0.1, -0.05) is 24.8 Å². The maximum absolute atomic E-state index is 12.4. The molecule has 98 valence electrons. The molecule has 0 heterocycles. The minimum absolute atomic E-state index is 0.130. The van der Waals surface area contributed by atoms with Crippen LogP contribution in [0.15, 0.2) is 53.6 Å². The summed E-state index contributed by atoms with van der Waals surface area (Å²) in [5.41, 5.74) is 2.62. The maximum atomic E-state index is 12.4. The van der Waals surface area contributed by atoms with E-state index >= 15 is 0 Å². The van der Waals surface area contributed by atoms with Crippen LogP contribution >= 0.6 is 0 Å². The van der Waals surface area contributed by atoms with Crippen molar-refractivity contribution < 1.29 is 13.5 Å². The molecular formula is C14H18O3S. The van der Waals surface area contributed by atoms with Crippen LogP contribution in [0.5, 0.6) is 0 Å². The Morgan fingerprint density at radius 1 is 1.28 bits per heavy atom. The second-order valence-corrected chi connectivity index (χ2v) is 6.21. The molecule has 18 heavy (non-hydrogen) atoms. The fourth-order valence-electron chi connectivity index (χ4n) is 1.77. The number of sulfone groups is 1. The molecule has 0 fully saturated rings. The third-order valence-electron chi connectivity index (χ3n) is 2.74. The third-order valence-corrected chi connectivity index (χ3v) is 5.02. The number of aliphatic hydroxyl groups is 1. The zero-order valence-corrected chi connectivity index (χ0v) is 11.1. The first-order chi connectivity index (χ1) is 8.62. The number of hydrogen-bond donors (Lipinski definition) is 1. The number of rotatable bonds is 7. The quantitative estimate of drug-likeness (QED) is 0.771. The van der Waals surface area contributed by atoms with Crippen molar-refractivity contribution in [3.63, 3.8) is 0 Å². The van der Waals surface area contributed by atoms with Crippen LogP contribution < -0.4 is 0 Å². The average Bonchev–Trinajstić information content (AvgIpc) is 2.39. The number of benzene rings is 1. The molecule has 1 atom stereocenters. The zero-order chi connectivity index (χ0) is 13.4. The molecule has 4 heteroatoms. The molecule has 0 aliphatic carbocycles. The first-order valence-electron chi connectivity index (χ1n) is 5.87. The predicted molar refractivity (Wildman–Crippen MR) is 72.1 cm³/mol. The van der Waals surface area contributed by atoms with Crippen molar-refractivity contribution >= 4 is 9.84 Å². The van der Waals surface area contributed by atoms with Crippen LogP contribution in [-0.4, -0.2) is 25.4 Å². The summed E-state index contributed by atoms with van der Waals surface area (Å²) < 4.78 is 24.7. The van der Waals surface area contributed by atoms with Crippen molar-refractivity contribution in [3.05, 3.63) is 48.7 Å². The van der Waals surface area contributed by atoms with Crippen molar-refractivity contribution in [2.75, 3.05) is 6.61 Å². The van der Waals surface area contributed by atoms with Crippen molar-refractivity contribution in [3.8, 4) is 0 Å². The fourth-order valence-corrected chi connectivity index (χ4v) is 3.56. The van der Waals surface area contributed by atoms with Gasteiger partial charge >= 0.3 is 0 Å². The second kappa shape index (κ2) is 7.17. The summed E-state index contributed by atoms with van der Waals surface area (Å²) in [6.07, 6.45) is 3.04. The molecule has 1 unspecified atom stereocenters. The molecule has 0 amide bonds. The Labute approximate surface area is 108 Å². The third kappa shape index (κ3) is 3.84. The van der Waals surface area contributed by atoms with Crippen LogP contribution in [0.2, 0.25) is 0 Å². The highest BCUT2D eigenvalue weighted by molar-refractivity contribution is 7.92.